The summed E-state index contributed by atoms with van der Waals surface area (Å²) in [5.74, 6) is -0.0417. The number of nitrogens with one attached hydrogen (secondary N) is 1. The number of aromatic nitrogens is 1. The molecule has 0 aliphatic carbocycles. The summed E-state index contributed by atoms with van der Waals surface area (Å²) in [7, 11) is 1.94. The van der Waals surface area contributed by atoms with Gasteiger partial charge in [0.1, 0.15) is 5.01 Å². The summed E-state index contributed by atoms with van der Waals surface area (Å²) in [5.41, 5.74) is 2.94. The van der Waals surface area contributed by atoms with E-state index in [0.717, 1.165) is 26.2 Å². The van der Waals surface area contributed by atoms with E-state index in [9.17, 15) is 4.79 Å². The molecule has 1 amide bonds. The number of hydrogen-bond acceptors (Lipinski definition) is 4. The first-order valence-electron chi connectivity index (χ1n) is 8.06. The van der Waals surface area contributed by atoms with Gasteiger partial charge in [-0.2, -0.15) is 0 Å². The van der Waals surface area contributed by atoms with Crippen LogP contribution < -0.4 is 5.32 Å². The topological polar surface area (TPSA) is 45.2 Å². The molecule has 1 atom stereocenters. The Hall–Kier alpha value is -1.76. The third-order valence-corrected chi connectivity index (χ3v) is 5.98. The lowest BCUT2D eigenvalue weighted by atomic mass is 10.2. The fourth-order valence-electron chi connectivity index (χ4n) is 2.53. The molecule has 4 nitrogen and oxygen atoms in total. The minimum Gasteiger partial charge on any atom is -0.324 e. The maximum absolute atomic E-state index is 12.4. The molecule has 1 N–H and O–H groups in total. The highest BCUT2D eigenvalue weighted by Gasteiger charge is 2.19. The Morgan fingerprint density at radius 2 is 2.08 bits per heavy atom. The van der Waals surface area contributed by atoms with Crippen molar-refractivity contribution in [2.45, 2.75) is 19.9 Å². The Morgan fingerprint density at radius 3 is 2.80 bits per heavy atom. The second kappa shape index (κ2) is 7.64. The highest BCUT2D eigenvalue weighted by molar-refractivity contribution is 9.10. The smallest absolute Gasteiger partial charge is 0.238 e. The van der Waals surface area contributed by atoms with Gasteiger partial charge in [0.15, 0.2) is 0 Å². The molecule has 0 bridgehead atoms. The number of carbonyl (C=O) groups excluding carboxylic acids is 1. The van der Waals surface area contributed by atoms with Gasteiger partial charge in [-0.25, -0.2) is 4.98 Å². The summed E-state index contributed by atoms with van der Waals surface area (Å²) in [6.45, 7) is 4.40. The molecular weight excluding hydrogens is 398 g/mol. The van der Waals surface area contributed by atoms with Gasteiger partial charge in [0, 0.05) is 4.47 Å². The van der Waals surface area contributed by atoms with Crippen molar-refractivity contribution < 1.29 is 4.79 Å². The van der Waals surface area contributed by atoms with Crippen molar-refractivity contribution in [1.29, 1.82) is 0 Å². The lowest BCUT2D eigenvalue weighted by Gasteiger charge is -2.22. The van der Waals surface area contributed by atoms with Crippen LogP contribution in [0, 0.1) is 6.92 Å². The van der Waals surface area contributed by atoms with Crippen LogP contribution in [0.25, 0.3) is 10.2 Å². The van der Waals surface area contributed by atoms with Crippen molar-refractivity contribution in [3.05, 3.63) is 57.5 Å². The van der Waals surface area contributed by atoms with Gasteiger partial charge in [-0.1, -0.05) is 18.2 Å². The van der Waals surface area contributed by atoms with E-state index in [0.29, 0.717) is 6.54 Å². The second-order valence-electron chi connectivity index (χ2n) is 6.14. The van der Waals surface area contributed by atoms with Gasteiger partial charge in [0.25, 0.3) is 0 Å². The van der Waals surface area contributed by atoms with E-state index in [1.54, 1.807) is 11.3 Å². The minimum absolute atomic E-state index is 0.0417. The fraction of sp³-hybridized carbons (Fsp3) is 0.263. The summed E-state index contributed by atoms with van der Waals surface area (Å²) in [4.78, 5) is 19.1. The molecule has 0 spiro atoms. The number of para-hydroxylation sites is 1. The molecule has 0 unspecified atom stereocenters. The van der Waals surface area contributed by atoms with Crippen LogP contribution in [-0.4, -0.2) is 29.4 Å². The Balaban J connectivity index is 1.66. The van der Waals surface area contributed by atoms with Crippen molar-refractivity contribution in [2.75, 3.05) is 18.9 Å². The molecule has 2 aromatic carbocycles. The Bertz CT molecular complexity index is 876. The largest absolute Gasteiger partial charge is 0.324 e. The van der Waals surface area contributed by atoms with Crippen LogP contribution in [0.15, 0.2) is 46.9 Å². The van der Waals surface area contributed by atoms with E-state index in [-0.39, 0.29) is 11.9 Å². The molecule has 6 heteroatoms. The van der Waals surface area contributed by atoms with Crippen molar-refractivity contribution in [3.8, 4) is 0 Å². The molecule has 0 saturated heterocycles. The van der Waals surface area contributed by atoms with Crippen LogP contribution in [0.5, 0.6) is 0 Å². The van der Waals surface area contributed by atoms with E-state index in [4.69, 9.17) is 0 Å². The molecule has 1 aromatic heterocycles. The fourth-order valence-corrected chi connectivity index (χ4v) is 4.21. The predicted octanol–water partition coefficient (Wildman–Crippen LogP) is 5.00. The first kappa shape index (κ1) is 18.0. The molecule has 0 aliphatic heterocycles. The quantitative estimate of drug-likeness (QED) is 0.635. The molecule has 0 aliphatic rings. The van der Waals surface area contributed by atoms with Gasteiger partial charge in [0.05, 0.1) is 28.5 Å². The highest BCUT2D eigenvalue weighted by Crippen LogP contribution is 2.29. The maximum atomic E-state index is 12.4. The summed E-state index contributed by atoms with van der Waals surface area (Å²) >= 11 is 5.17. The average molecular weight is 418 g/mol. The molecule has 3 aromatic rings. The lowest BCUT2D eigenvalue weighted by molar-refractivity contribution is -0.117. The molecule has 130 valence electrons. The highest BCUT2D eigenvalue weighted by atomic mass is 79.9. The van der Waals surface area contributed by atoms with Gasteiger partial charge < -0.3 is 5.32 Å². The normalized spacial score (nSPS) is 12.5. The minimum atomic E-state index is -0.0417. The first-order valence-corrected chi connectivity index (χ1v) is 9.66. The van der Waals surface area contributed by atoms with Gasteiger partial charge in [-0.05, 0) is 66.7 Å². The van der Waals surface area contributed by atoms with E-state index < -0.39 is 0 Å². The number of nitrogens with zero attached hydrogens (tertiary/aromatic N) is 2. The first-order chi connectivity index (χ1) is 11.9. The summed E-state index contributed by atoms with van der Waals surface area (Å²) in [6.07, 6.45) is 0. The van der Waals surface area contributed by atoms with Crippen LogP contribution in [0.3, 0.4) is 0 Å². The van der Waals surface area contributed by atoms with Crippen molar-refractivity contribution in [1.82, 2.24) is 9.88 Å². The van der Waals surface area contributed by atoms with Crippen molar-refractivity contribution in [2.24, 2.45) is 0 Å². The van der Waals surface area contributed by atoms with Crippen LogP contribution in [0.2, 0.25) is 0 Å². The van der Waals surface area contributed by atoms with E-state index in [1.807, 2.05) is 55.3 Å². The molecule has 0 radical (unpaired) electrons. The number of hydrogen-bond donors (Lipinski definition) is 1. The number of benzene rings is 2. The Kier molecular flexibility index (Phi) is 5.51. The zero-order valence-corrected chi connectivity index (χ0v) is 16.8. The van der Waals surface area contributed by atoms with E-state index in [2.05, 4.69) is 39.2 Å². The van der Waals surface area contributed by atoms with Crippen LogP contribution >= 0.6 is 27.3 Å². The van der Waals surface area contributed by atoms with Gasteiger partial charge in [-0.15, -0.1) is 11.3 Å². The van der Waals surface area contributed by atoms with Gasteiger partial charge in [-0.3, -0.25) is 9.69 Å². The number of rotatable bonds is 5. The van der Waals surface area contributed by atoms with Gasteiger partial charge in [0.2, 0.25) is 5.91 Å². The Labute approximate surface area is 160 Å². The summed E-state index contributed by atoms with van der Waals surface area (Å²) < 4.78 is 2.06. The molecule has 0 saturated carbocycles. The molecule has 1 heterocycles. The zero-order chi connectivity index (χ0) is 18.0. The number of likely N-dealkylation sites (N-methyl/N-ethyl adjacent to an activating group) is 1. The number of thiazole rings is 1. The second-order valence-corrected chi connectivity index (χ2v) is 8.06. The Morgan fingerprint density at radius 1 is 1.32 bits per heavy atom. The average Bonchev–Trinajstić information content (AvgIpc) is 3.00. The predicted molar refractivity (Wildman–Crippen MR) is 108 cm³/mol. The zero-order valence-electron chi connectivity index (χ0n) is 14.4. The standard InChI is InChI=1S/C19H20BrN3OS/c1-12-8-9-15(14(20)10-12)21-18(24)11-23(3)13(2)19-22-16-6-4-5-7-17(16)25-19/h4-10,13H,11H2,1-3H3,(H,21,24)/t13-/m1/s1. The van der Waals surface area contributed by atoms with Crippen LogP contribution in [0.4, 0.5) is 5.69 Å². The monoisotopic (exact) mass is 417 g/mol. The maximum Gasteiger partial charge on any atom is 0.238 e. The van der Waals surface area contributed by atoms with E-state index in [1.165, 1.54) is 4.70 Å². The molecular formula is C19H20BrN3OS. The lowest BCUT2D eigenvalue weighted by Crippen LogP contribution is -2.32. The number of amides is 1. The van der Waals surface area contributed by atoms with Crippen molar-refractivity contribution in [3.63, 3.8) is 0 Å². The molecule has 0 fully saturated rings. The number of halogens is 1. The number of aryl methyl sites for hydroxylation is 1. The van der Waals surface area contributed by atoms with Crippen LogP contribution in [0.1, 0.15) is 23.5 Å². The SMILES string of the molecule is Cc1ccc(NC(=O)CN(C)[C@H](C)c2nc3ccccc3s2)c(Br)c1. The molecule has 3 rings (SSSR count). The summed E-state index contributed by atoms with van der Waals surface area (Å²) in [5, 5.41) is 3.98. The number of fused-ring (bicyclic) bond motifs is 1. The van der Waals surface area contributed by atoms with E-state index >= 15 is 0 Å². The molecule has 25 heavy (non-hydrogen) atoms. The third kappa shape index (κ3) is 4.26. The number of carbonyl (C=O) groups is 1. The number of anilines is 1. The van der Waals surface area contributed by atoms with Gasteiger partial charge >= 0.3 is 0 Å². The summed E-state index contributed by atoms with van der Waals surface area (Å²) in [6, 6.07) is 14.1. The van der Waals surface area contributed by atoms with Crippen LogP contribution in [-0.2, 0) is 4.79 Å². The third-order valence-electron chi connectivity index (χ3n) is 4.12. The van der Waals surface area contributed by atoms with Crippen molar-refractivity contribution >= 4 is 49.1 Å².